The number of likely N-dealkylation sites (N-methyl/N-ethyl adjacent to an activating group) is 1. The third-order valence-electron chi connectivity index (χ3n) is 4.01. The van der Waals surface area contributed by atoms with Crippen LogP contribution >= 0.6 is 11.6 Å². The number of hydrogen-bond acceptors (Lipinski definition) is 4. The van der Waals surface area contributed by atoms with Gasteiger partial charge >= 0.3 is 0 Å². The number of amides is 1. The Morgan fingerprint density at radius 3 is 2.73 bits per heavy atom. The maximum atomic E-state index is 12.5. The second kappa shape index (κ2) is 8.01. The Morgan fingerprint density at radius 2 is 1.96 bits per heavy atom. The molecule has 134 valence electrons. The van der Waals surface area contributed by atoms with Crippen molar-refractivity contribution in [3.05, 3.63) is 69.6 Å². The van der Waals surface area contributed by atoms with Crippen molar-refractivity contribution in [3.8, 4) is 5.75 Å². The number of benzene rings is 2. The van der Waals surface area contributed by atoms with E-state index in [0.717, 1.165) is 0 Å². The first-order chi connectivity index (χ1) is 12.5. The van der Waals surface area contributed by atoms with Crippen molar-refractivity contribution in [3.63, 3.8) is 0 Å². The minimum absolute atomic E-state index is 0.102. The van der Waals surface area contributed by atoms with E-state index in [1.54, 1.807) is 48.3 Å². The lowest BCUT2D eigenvalue weighted by molar-refractivity contribution is -0.129. The highest BCUT2D eigenvalue weighted by atomic mass is 35.5. The molecule has 1 aromatic heterocycles. The minimum Gasteiger partial charge on any atom is -0.492 e. The summed E-state index contributed by atoms with van der Waals surface area (Å²) in [5.74, 6) is 0.552. The molecule has 0 unspecified atom stereocenters. The van der Waals surface area contributed by atoms with Crippen LogP contribution in [0.1, 0.15) is 5.69 Å². The number of aromatic amines is 1. The Kier molecular flexibility index (Phi) is 5.53. The monoisotopic (exact) mass is 371 g/mol. The average Bonchev–Trinajstić information content (AvgIpc) is 2.64. The molecule has 0 aliphatic rings. The van der Waals surface area contributed by atoms with Crippen molar-refractivity contribution >= 4 is 28.3 Å². The van der Waals surface area contributed by atoms with Crippen LogP contribution in [0, 0.1) is 0 Å². The number of H-pyrrole nitrogens is 1. The van der Waals surface area contributed by atoms with E-state index in [4.69, 9.17) is 16.3 Å². The van der Waals surface area contributed by atoms with Crippen molar-refractivity contribution in [2.45, 2.75) is 6.42 Å². The quantitative estimate of drug-likeness (QED) is 0.722. The average molecular weight is 372 g/mol. The van der Waals surface area contributed by atoms with E-state index >= 15 is 0 Å². The first-order valence-electron chi connectivity index (χ1n) is 8.13. The summed E-state index contributed by atoms with van der Waals surface area (Å²) in [6.07, 6.45) is 0.102. The van der Waals surface area contributed by atoms with E-state index in [-0.39, 0.29) is 17.9 Å². The van der Waals surface area contributed by atoms with Crippen LogP contribution in [-0.2, 0) is 11.2 Å². The molecule has 26 heavy (non-hydrogen) atoms. The van der Waals surface area contributed by atoms with E-state index in [1.165, 1.54) is 0 Å². The zero-order valence-corrected chi connectivity index (χ0v) is 15.0. The second-order valence-corrected chi connectivity index (χ2v) is 6.28. The molecule has 2 aromatic carbocycles. The molecule has 0 saturated carbocycles. The predicted molar refractivity (Wildman–Crippen MR) is 101 cm³/mol. The van der Waals surface area contributed by atoms with Gasteiger partial charge in [0.25, 0.3) is 5.56 Å². The van der Waals surface area contributed by atoms with E-state index < -0.39 is 0 Å². The maximum absolute atomic E-state index is 12.5. The van der Waals surface area contributed by atoms with Gasteiger partial charge in [0, 0.05) is 17.5 Å². The molecule has 7 heteroatoms. The minimum atomic E-state index is -0.264. The lowest BCUT2D eigenvalue weighted by Crippen LogP contribution is -2.32. The van der Waals surface area contributed by atoms with Gasteiger partial charge in [0.15, 0.2) is 0 Å². The second-order valence-electron chi connectivity index (χ2n) is 5.84. The molecule has 0 spiro atoms. The highest BCUT2D eigenvalue weighted by molar-refractivity contribution is 6.30. The molecule has 6 nitrogen and oxygen atoms in total. The van der Waals surface area contributed by atoms with Crippen LogP contribution in [0.5, 0.6) is 5.75 Å². The lowest BCUT2D eigenvalue weighted by atomic mass is 10.1. The summed E-state index contributed by atoms with van der Waals surface area (Å²) in [4.78, 5) is 25.8. The number of hydrogen-bond donors (Lipinski definition) is 1. The third kappa shape index (κ3) is 4.21. The molecule has 0 aliphatic heterocycles. The Hall–Kier alpha value is -2.86. The number of rotatable bonds is 6. The van der Waals surface area contributed by atoms with Crippen LogP contribution in [-0.4, -0.2) is 41.2 Å². The molecule has 0 aliphatic carbocycles. The molecule has 3 aromatic rings. The predicted octanol–water partition coefficient (Wildman–Crippen LogP) is 2.66. The maximum Gasteiger partial charge on any atom is 0.272 e. The highest BCUT2D eigenvalue weighted by Gasteiger charge is 2.14. The molecule has 1 N–H and O–H groups in total. The molecule has 0 bridgehead atoms. The standard InChI is InChI=1S/C19H18ClN3O3/c1-23(9-10-26-14-6-4-5-13(20)11-14)18(24)12-17-15-7-2-3-8-16(15)19(25)22-21-17/h2-8,11H,9-10,12H2,1H3,(H,22,25). The summed E-state index contributed by atoms with van der Waals surface area (Å²) >= 11 is 5.91. The largest absolute Gasteiger partial charge is 0.492 e. The number of halogens is 1. The fraction of sp³-hybridized carbons (Fsp3) is 0.211. The first kappa shape index (κ1) is 17.9. The molecular weight excluding hydrogens is 354 g/mol. The number of fused-ring (bicyclic) bond motifs is 1. The first-order valence-corrected chi connectivity index (χ1v) is 8.51. The molecule has 1 amide bonds. The molecule has 0 atom stereocenters. The van der Waals surface area contributed by atoms with Crippen LogP contribution in [0.2, 0.25) is 5.02 Å². The normalized spacial score (nSPS) is 10.7. The highest BCUT2D eigenvalue weighted by Crippen LogP contribution is 2.17. The molecular formula is C19H18ClN3O3. The number of nitrogens with one attached hydrogen (secondary N) is 1. The molecule has 3 rings (SSSR count). The van der Waals surface area contributed by atoms with Gasteiger partial charge in [-0.3, -0.25) is 9.59 Å². The van der Waals surface area contributed by atoms with Gasteiger partial charge < -0.3 is 9.64 Å². The lowest BCUT2D eigenvalue weighted by Gasteiger charge is -2.17. The summed E-state index contributed by atoms with van der Waals surface area (Å²) in [7, 11) is 1.71. The van der Waals surface area contributed by atoms with E-state index in [1.807, 2.05) is 12.1 Å². The summed E-state index contributed by atoms with van der Waals surface area (Å²) < 4.78 is 5.60. The Morgan fingerprint density at radius 1 is 1.19 bits per heavy atom. The van der Waals surface area contributed by atoms with Gasteiger partial charge in [0.05, 0.1) is 24.0 Å². The summed E-state index contributed by atoms with van der Waals surface area (Å²) in [6, 6.07) is 14.2. The van der Waals surface area contributed by atoms with Crippen molar-refractivity contribution in [1.29, 1.82) is 0 Å². The van der Waals surface area contributed by atoms with Gasteiger partial charge in [-0.2, -0.15) is 5.10 Å². The molecule has 0 saturated heterocycles. The summed E-state index contributed by atoms with van der Waals surface area (Å²) in [5, 5.41) is 8.29. The van der Waals surface area contributed by atoms with Crippen LogP contribution in [0.15, 0.2) is 53.3 Å². The van der Waals surface area contributed by atoms with E-state index in [0.29, 0.717) is 40.4 Å². The van der Waals surface area contributed by atoms with Crippen LogP contribution in [0.3, 0.4) is 0 Å². The Bertz CT molecular complexity index is 987. The van der Waals surface area contributed by atoms with Gasteiger partial charge in [0.1, 0.15) is 12.4 Å². The van der Waals surface area contributed by atoms with Crippen molar-refractivity contribution < 1.29 is 9.53 Å². The zero-order valence-electron chi connectivity index (χ0n) is 14.2. The van der Waals surface area contributed by atoms with Crippen LogP contribution in [0.25, 0.3) is 10.8 Å². The van der Waals surface area contributed by atoms with Gasteiger partial charge in [0.2, 0.25) is 5.91 Å². The number of carbonyl (C=O) groups excluding carboxylic acids is 1. The number of ether oxygens (including phenoxy) is 1. The SMILES string of the molecule is CN(CCOc1cccc(Cl)c1)C(=O)Cc1n[nH]c(=O)c2ccccc12. The van der Waals surface area contributed by atoms with Crippen LogP contribution < -0.4 is 10.3 Å². The molecule has 0 radical (unpaired) electrons. The Labute approximate surface area is 155 Å². The topological polar surface area (TPSA) is 75.3 Å². The summed E-state index contributed by atoms with van der Waals surface area (Å²) in [6.45, 7) is 0.773. The van der Waals surface area contributed by atoms with Crippen molar-refractivity contribution in [1.82, 2.24) is 15.1 Å². The molecule has 0 fully saturated rings. The Balaban J connectivity index is 1.61. The smallest absolute Gasteiger partial charge is 0.272 e. The number of carbonyl (C=O) groups is 1. The van der Waals surface area contributed by atoms with Gasteiger partial charge in [-0.1, -0.05) is 35.9 Å². The molecule has 1 heterocycles. The van der Waals surface area contributed by atoms with Gasteiger partial charge in [-0.25, -0.2) is 5.10 Å². The van der Waals surface area contributed by atoms with Crippen molar-refractivity contribution in [2.75, 3.05) is 20.2 Å². The van der Waals surface area contributed by atoms with Crippen molar-refractivity contribution in [2.24, 2.45) is 0 Å². The van der Waals surface area contributed by atoms with E-state index in [9.17, 15) is 9.59 Å². The zero-order chi connectivity index (χ0) is 18.5. The number of nitrogens with zero attached hydrogens (tertiary/aromatic N) is 2. The fourth-order valence-electron chi connectivity index (χ4n) is 2.57. The van der Waals surface area contributed by atoms with Gasteiger partial charge in [-0.05, 0) is 24.3 Å². The van der Waals surface area contributed by atoms with E-state index in [2.05, 4.69) is 10.2 Å². The van der Waals surface area contributed by atoms with Crippen LogP contribution in [0.4, 0.5) is 0 Å². The summed E-state index contributed by atoms with van der Waals surface area (Å²) in [5.41, 5.74) is 0.285. The third-order valence-corrected chi connectivity index (χ3v) is 4.25. The fourth-order valence-corrected chi connectivity index (χ4v) is 2.75. The number of aromatic nitrogens is 2. The van der Waals surface area contributed by atoms with Gasteiger partial charge in [-0.15, -0.1) is 0 Å².